The van der Waals surface area contributed by atoms with E-state index < -0.39 is 0 Å². The highest BCUT2D eigenvalue weighted by atomic mass is 15.2. The highest BCUT2D eigenvalue weighted by Gasteiger charge is 2.38. The van der Waals surface area contributed by atoms with Crippen molar-refractivity contribution in [2.45, 2.75) is 57.5 Å². The van der Waals surface area contributed by atoms with Gasteiger partial charge in [-0.05, 0) is 50.6 Å². The van der Waals surface area contributed by atoms with E-state index in [0.717, 1.165) is 24.4 Å². The molecule has 16 heavy (non-hydrogen) atoms. The molecule has 2 aliphatic heterocycles. The molecule has 0 radical (unpaired) electrons. The Bertz CT molecular complexity index is 286. The van der Waals surface area contributed by atoms with E-state index in [1.54, 1.807) is 0 Å². The average Bonchev–Trinajstić information content (AvgIpc) is 2.79. The molecule has 3 atom stereocenters. The Morgan fingerprint density at radius 1 is 1.38 bits per heavy atom. The third-order valence-corrected chi connectivity index (χ3v) is 4.37. The second-order valence-corrected chi connectivity index (χ2v) is 5.15. The van der Waals surface area contributed by atoms with Gasteiger partial charge in [0, 0.05) is 12.1 Å². The lowest BCUT2D eigenvalue weighted by molar-refractivity contribution is 0.0735. The van der Waals surface area contributed by atoms with Crippen LogP contribution in [0.5, 0.6) is 0 Å². The van der Waals surface area contributed by atoms with Crippen LogP contribution in [0.3, 0.4) is 0 Å². The number of nitrogens with zero attached hydrogens (tertiary/aromatic N) is 1. The standard InChI is InChI=1S/C15H23N/c1-3-5-6-8-14-11-10-13(4-2)15-9-7-12-16(14)15/h1,5-6,13-15H,4,7-12H2,2H3/b6-5-. The molecule has 0 aromatic carbocycles. The monoisotopic (exact) mass is 217 g/mol. The van der Waals surface area contributed by atoms with Gasteiger partial charge in [-0.25, -0.2) is 0 Å². The predicted octanol–water partition coefficient (Wildman–Crippen LogP) is 3.22. The molecule has 2 heterocycles. The van der Waals surface area contributed by atoms with E-state index in [4.69, 9.17) is 6.42 Å². The van der Waals surface area contributed by atoms with Gasteiger partial charge in [0.05, 0.1) is 0 Å². The molecule has 2 saturated heterocycles. The molecular formula is C15H23N. The molecule has 0 amide bonds. The zero-order valence-corrected chi connectivity index (χ0v) is 10.4. The lowest BCUT2D eigenvalue weighted by atomic mass is 9.83. The van der Waals surface area contributed by atoms with Crippen molar-refractivity contribution in [3.63, 3.8) is 0 Å². The van der Waals surface area contributed by atoms with Crippen molar-refractivity contribution >= 4 is 0 Å². The Hall–Kier alpha value is -0.740. The Labute approximate surface area is 99.9 Å². The molecule has 0 spiro atoms. The van der Waals surface area contributed by atoms with Gasteiger partial charge in [-0.1, -0.05) is 25.3 Å². The van der Waals surface area contributed by atoms with Crippen molar-refractivity contribution in [3.8, 4) is 12.3 Å². The summed E-state index contributed by atoms with van der Waals surface area (Å²) >= 11 is 0. The fraction of sp³-hybridized carbons (Fsp3) is 0.733. The second-order valence-electron chi connectivity index (χ2n) is 5.15. The van der Waals surface area contributed by atoms with Crippen molar-refractivity contribution in [1.82, 2.24) is 4.90 Å². The van der Waals surface area contributed by atoms with Gasteiger partial charge >= 0.3 is 0 Å². The second kappa shape index (κ2) is 5.55. The maximum atomic E-state index is 5.24. The number of allylic oxidation sites excluding steroid dienone is 1. The highest BCUT2D eigenvalue weighted by molar-refractivity contribution is 5.09. The van der Waals surface area contributed by atoms with Gasteiger partial charge in [0.25, 0.3) is 0 Å². The van der Waals surface area contributed by atoms with Crippen LogP contribution in [-0.2, 0) is 0 Å². The molecule has 1 nitrogen and oxygen atoms in total. The first-order chi connectivity index (χ1) is 7.86. The van der Waals surface area contributed by atoms with Gasteiger partial charge in [0.2, 0.25) is 0 Å². The van der Waals surface area contributed by atoms with E-state index in [2.05, 4.69) is 23.8 Å². The molecule has 0 bridgehead atoms. The van der Waals surface area contributed by atoms with Crippen LogP contribution >= 0.6 is 0 Å². The molecule has 2 rings (SSSR count). The van der Waals surface area contributed by atoms with Crippen molar-refractivity contribution in [3.05, 3.63) is 12.2 Å². The number of piperidine rings is 1. The molecule has 0 saturated carbocycles. The lowest BCUT2D eigenvalue weighted by Gasteiger charge is -2.42. The molecule has 2 aliphatic rings. The summed E-state index contributed by atoms with van der Waals surface area (Å²) < 4.78 is 0. The number of terminal acetylenes is 1. The first kappa shape index (κ1) is 11.7. The van der Waals surface area contributed by atoms with Crippen molar-refractivity contribution in [2.24, 2.45) is 5.92 Å². The van der Waals surface area contributed by atoms with Crippen LogP contribution in [0.1, 0.15) is 45.4 Å². The van der Waals surface area contributed by atoms with E-state index in [0.29, 0.717) is 0 Å². The summed E-state index contributed by atoms with van der Waals surface area (Å²) in [5, 5.41) is 0. The maximum Gasteiger partial charge on any atom is 0.0133 e. The van der Waals surface area contributed by atoms with E-state index in [-0.39, 0.29) is 0 Å². The van der Waals surface area contributed by atoms with Crippen LogP contribution in [0.25, 0.3) is 0 Å². The van der Waals surface area contributed by atoms with E-state index in [1.165, 1.54) is 38.6 Å². The van der Waals surface area contributed by atoms with E-state index >= 15 is 0 Å². The van der Waals surface area contributed by atoms with Crippen molar-refractivity contribution < 1.29 is 0 Å². The summed E-state index contributed by atoms with van der Waals surface area (Å²) in [5.74, 6) is 3.54. The number of fused-ring (bicyclic) bond motifs is 1. The van der Waals surface area contributed by atoms with Crippen molar-refractivity contribution in [1.29, 1.82) is 0 Å². The highest BCUT2D eigenvalue weighted by Crippen LogP contribution is 2.37. The fourth-order valence-corrected chi connectivity index (χ4v) is 3.56. The predicted molar refractivity (Wildman–Crippen MR) is 69.1 cm³/mol. The third-order valence-electron chi connectivity index (χ3n) is 4.37. The normalized spacial score (nSPS) is 35.1. The Morgan fingerprint density at radius 2 is 2.25 bits per heavy atom. The SMILES string of the molecule is C#C/C=C\CC1CCC(CC)C2CCCN12. The van der Waals surface area contributed by atoms with Gasteiger partial charge in [0.15, 0.2) is 0 Å². The summed E-state index contributed by atoms with van der Waals surface area (Å²) in [6.07, 6.45) is 17.4. The molecular weight excluding hydrogens is 194 g/mol. The zero-order chi connectivity index (χ0) is 11.4. The molecule has 0 aromatic heterocycles. The van der Waals surface area contributed by atoms with Gasteiger partial charge in [-0.15, -0.1) is 6.42 Å². The minimum absolute atomic E-state index is 0.764. The summed E-state index contributed by atoms with van der Waals surface area (Å²) in [6.45, 7) is 3.66. The first-order valence-corrected chi connectivity index (χ1v) is 6.73. The van der Waals surface area contributed by atoms with Crippen molar-refractivity contribution in [2.75, 3.05) is 6.54 Å². The van der Waals surface area contributed by atoms with Crippen LogP contribution in [0, 0.1) is 18.3 Å². The molecule has 2 fully saturated rings. The van der Waals surface area contributed by atoms with Crippen LogP contribution < -0.4 is 0 Å². The summed E-state index contributed by atoms with van der Waals surface area (Å²) in [7, 11) is 0. The van der Waals surface area contributed by atoms with E-state index in [9.17, 15) is 0 Å². The van der Waals surface area contributed by atoms with Crippen LogP contribution in [0.15, 0.2) is 12.2 Å². The number of rotatable bonds is 3. The van der Waals surface area contributed by atoms with Crippen LogP contribution in [0.2, 0.25) is 0 Å². The molecule has 88 valence electrons. The molecule has 0 aliphatic carbocycles. The van der Waals surface area contributed by atoms with Gasteiger partial charge in [-0.3, -0.25) is 4.90 Å². The Morgan fingerprint density at radius 3 is 3.00 bits per heavy atom. The zero-order valence-electron chi connectivity index (χ0n) is 10.4. The minimum atomic E-state index is 0.764. The van der Waals surface area contributed by atoms with Crippen LogP contribution in [-0.4, -0.2) is 23.5 Å². The quantitative estimate of drug-likeness (QED) is 0.656. The molecule has 0 N–H and O–H groups in total. The Kier molecular flexibility index (Phi) is 4.07. The average molecular weight is 217 g/mol. The van der Waals surface area contributed by atoms with Gasteiger partial charge in [0.1, 0.15) is 0 Å². The summed E-state index contributed by atoms with van der Waals surface area (Å²) in [5.41, 5.74) is 0. The largest absolute Gasteiger partial charge is 0.297 e. The van der Waals surface area contributed by atoms with Gasteiger partial charge in [-0.2, -0.15) is 0 Å². The first-order valence-electron chi connectivity index (χ1n) is 6.73. The topological polar surface area (TPSA) is 3.24 Å². The van der Waals surface area contributed by atoms with Crippen LogP contribution in [0.4, 0.5) is 0 Å². The third kappa shape index (κ3) is 2.33. The fourth-order valence-electron chi connectivity index (χ4n) is 3.56. The molecule has 0 aromatic rings. The van der Waals surface area contributed by atoms with Gasteiger partial charge < -0.3 is 0 Å². The smallest absolute Gasteiger partial charge is 0.0133 e. The lowest BCUT2D eigenvalue weighted by Crippen LogP contribution is -2.46. The molecule has 1 heteroatoms. The van der Waals surface area contributed by atoms with E-state index in [1.807, 2.05) is 6.08 Å². The molecule has 3 unspecified atom stereocenters. The summed E-state index contributed by atoms with van der Waals surface area (Å²) in [4.78, 5) is 2.76. The minimum Gasteiger partial charge on any atom is -0.297 e. The summed E-state index contributed by atoms with van der Waals surface area (Å²) in [6, 6.07) is 1.64. The Balaban J connectivity index is 1.96. The number of hydrogen-bond acceptors (Lipinski definition) is 1. The number of hydrogen-bond donors (Lipinski definition) is 0. The maximum absolute atomic E-state index is 5.24.